The Morgan fingerprint density at radius 3 is 2.48 bits per heavy atom. The first-order chi connectivity index (χ1) is 16.1. The summed E-state index contributed by atoms with van der Waals surface area (Å²) < 4.78 is 1.42. The van der Waals surface area contributed by atoms with E-state index >= 15 is 0 Å². The van der Waals surface area contributed by atoms with Gasteiger partial charge in [-0.15, -0.1) is 0 Å². The van der Waals surface area contributed by atoms with Crippen LogP contribution < -0.4 is 16.6 Å². The maximum Gasteiger partial charge on any atom is 0.280 e. The number of unbranched alkanes of at least 4 members (excludes halogenated alkanes) is 1. The number of benzene rings is 1. The molecule has 3 heterocycles. The van der Waals surface area contributed by atoms with Gasteiger partial charge < -0.3 is 16.2 Å². The van der Waals surface area contributed by atoms with Crippen molar-refractivity contribution in [3.05, 3.63) is 51.9 Å². The molecule has 176 valence electrons. The Morgan fingerprint density at radius 1 is 1.12 bits per heavy atom. The first kappa shape index (κ1) is 23.1. The third-order valence-corrected chi connectivity index (χ3v) is 6.15. The number of rotatable bonds is 10. The fraction of sp³-hybridized carbons (Fsp3) is 0.500. The van der Waals surface area contributed by atoms with Gasteiger partial charge in [-0.1, -0.05) is 44.0 Å². The van der Waals surface area contributed by atoms with Crippen LogP contribution in [0.3, 0.4) is 0 Å². The van der Waals surface area contributed by atoms with Crippen molar-refractivity contribution in [1.29, 1.82) is 0 Å². The molecule has 0 bridgehead atoms. The normalized spacial score (nSPS) is 15.2. The van der Waals surface area contributed by atoms with E-state index in [9.17, 15) is 9.90 Å². The number of hydrogen-bond acceptors (Lipinski definition) is 8. The van der Waals surface area contributed by atoms with Crippen LogP contribution in [0.1, 0.15) is 50.2 Å². The molecule has 0 saturated carbocycles. The summed E-state index contributed by atoms with van der Waals surface area (Å²) in [6.07, 6.45) is 6.83. The molecule has 9 heteroatoms. The predicted molar refractivity (Wildman–Crippen MR) is 130 cm³/mol. The summed E-state index contributed by atoms with van der Waals surface area (Å²) in [4.78, 5) is 24.2. The molecule has 0 radical (unpaired) electrons. The Labute approximate surface area is 193 Å². The van der Waals surface area contributed by atoms with Crippen molar-refractivity contribution >= 4 is 22.7 Å². The zero-order valence-electron chi connectivity index (χ0n) is 19.2. The Bertz CT molecular complexity index is 1120. The molecule has 1 aromatic carbocycles. The Kier molecular flexibility index (Phi) is 7.51. The second kappa shape index (κ2) is 10.7. The summed E-state index contributed by atoms with van der Waals surface area (Å²) in [5.74, 6) is 0.402. The van der Waals surface area contributed by atoms with E-state index in [-0.39, 0.29) is 24.2 Å². The van der Waals surface area contributed by atoms with E-state index in [0.717, 1.165) is 44.5 Å². The number of anilines is 2. The van der Waals surface area contributed by atoms with Crippen LogP contribution in [0.25, 0.3) is 10.9 Å². The molecule has 1 atom stereocenters. The van der Waals surface area contributed by atoms with E-state index in [2.05, 4.69) is 56.5 Å². The third kappa shape index (κ3) is 5.66. The molecular formula is C24H33N7O2. The van der Waals surface area contributed by atoms with E-state index in [4.69, 9.17) is 5.73 Å². The molecule has 1 saturated heterocycles. The number of aliphatic hydroxyl groups is 1. The SMILES string of the molecule is CCCC[C@@H](CO)Nc1nc(N)nc2cnn(Cc3ccc(CN4CCCC4)cc3)c(=O)c12. The standard InChI is InChI=1S/C24H33N7O2/c1-2-3-6-19(16-32)27-22-21-20(28-24(25)29-22)13-26-31(23(21)33)15-18-9-7-17(8-10-18)14-30-11-4-5-12-30/h7-10,13,19,32H,2-6,11-12,14-16H2,1H3,(H3,25,27,28,29)/t19-/m0/s1. The molecule has 9 nitrogen and oxygen atoms in total. The molecule has 3 aromatic rings. The van der Waals surface area contributed by atoms with Gasteiger partial charge in [0, 0.05) is 6.54 Å². The van der Waals surface area contributed by atoms with Crippen molar-refractivity contribution in [2.45, 2.75) is 58.2 Å². The van der Waals surface area contributed by atoms with Crippen molar-refractivity contribution in [1.82, 2.24) is 24.6 Å². The number of likely N-dealkylation sites (tertiary alicyclic amines) is 1. The van der Waals surface area contributed by atoms with E-state index in [1.165, 1.54) is 23.1 Å². The van der Waals surface area contributed by atoms with Crippen LogP contribution in [0, 0.1) is 0 Å². The summed E-state index contributed by atoms with van der Waals surface area (Å²) in [6, 6.07) is 8.13. The fourth-order valence-electron chi connectivity index (χ4n) is 4.30. The highest BCUT2D eigenvalue weighted by Crippen LogP contribution is 2.19. The zero-order valence-corrected chi connectivity index (χ0v) is 19.2. The summed E-state index contributed by atoms with van der Waals surface area (Å²) in [5, 5.41) is 17.6. The lowest BCUT2D eigenvalue weighted by Crippen LogP contribution is -2.28. The summed E-state index contributed by atoms with van der Waals surface area (Å²) in [6.45, 7) is 5.67. The van der Waals surface area contributed by atoms with Crippen molar-refractivity contribution < 1.29 is 5.11 Å². The number of fused-ring (bicyclic) bond motifs is 1. The largest absolute Gasteiger partial charge is 0.394 e. The minimum absolute atomic E-state index is 0.0599. The molecule has 0 amide bonds. The van der Waals surface area contributed by atoms with Gasteiger partial charge in [-0.2, -0.15) is 10.1 Å². The van der Waals surface area contributed by atoms with Gasteiger partial charge in [-0.3, -0.25) is 9.69 Å². The van der Waals surface area contributed by atoms with Crippen LogP contribution in [0.15, 0.2) is 35.3 Å². The van der Waals surface area contributed by atoms with Crippen LogP contribution in [-0.4, -0.2) is 55.5 Å². The first-order valence-corrected chi connectivity index (χ1v) is 11.8. The highest BCUT2D eigenvalue weighted by molar-refractivity contribution is 5.88. The molecule has 1 aliphatic rings. The van der Waals surface area contributed by atoms with Crippen LogP contribution in [0.5, 0.6) is 0 Å². The van der Waals surface area contributed by atoms with Crippen molar-refractivity contribution in [3.63, 3.8) is 0 Å². The molecule has 0 unspecified atom stereocenters. The number of aromatic nitrogens is 4. The predicted octanol–water partition coefficient (Wildman–Crippen LogP) is 2.38. The number of nitrogens with zero attached hydrogens (tertiary/aromatic N) is 5. The van der Waals surface area contributed by atoms with E-state index in [0.29, 0.717) is 23.3 Å². The molecule has 0 spiro atoms. The summed E-state index contributed by atoms with van der Waals surface area (Å²) in [5.41, 5.74) is 8.23. The fourth-order valence-corrected chi connectivity index (χ4v) is 4.30. The van der Waals surface area contributed by atoms with Crippen LogP contribution in [0.4, 0.5) is 11.8 Å². The van der Waals surface area contributed by atoms with Gasteiger partial charge in [0.25, 0.3) is 5.56 Å². The number of hydrogen-bond donors (Lipinski definition) is 3. The van der Waals surface area contributed by atoms with Crippen LogP contribution >= 0.6 is 0 Å². The highest BCUT2D eigenvalue weighted by atomic mass is 16.3. The lowest BCUT2D eigenvalue weighted by Gasteiger charge is -2.18. The van der Waals surface area contributed by atoms with Gasteiger partial charge >= 0.3 is 0 Å². The van der Waals surface area contributed by atoms with Crippen molar-refractivity contribution in [2.75, 3.05) is 30.7 Å². The van der Waals surface area contributed by atoms with Crippen LogP contribution in [-0.2, 0) is 13.1 Å². The van der Waals surface area contributed by atoms with Gasteiger partial charge in [0.2, 0.25) is 5.95 Å². The quantitative estimate of drug-likeness (QED) is 0.429. The van der Waals surface area contributed by atoms with E-state index in [1.807, 2.05) is 0 Å². The van der Waals surface area contributed by atoms with Crippen LogP contribution in [0.2, 0.25) is 0 Å². The average molecular weight is 452 g/mol. The average Bonchev–Trinajstić information content (AvgIpc) is 3.32. The second-order valence-corrected chi connectivity index (χ2v) is 8.76. The Hall–Kier alpha value is -3.04. The highest BCUT2D eigenvalue weighted by Gasteiger charge is 2.17. The maximum atomic E-state index is 13.3. The maximum absolute atomic E-state index is 13.3. The molecule has 0 aliphatic carbocycles. The topological polar surface area (TPSA) is 122 Å². The summed E-state index contributed by atoms with van der Waals surface area (Å²) >= 11 is 0. The lowest BCUT2D eigenvalue weighted by molar-refractivity contribution is 0.267. The molecule has 4 N–H and O–H groups in total. The number of aliphatic hydroxyl groups excluding tert-OH is 1. The van der Waals surface area contributed by atoms with Gasteiger partial charge in [-0.05, 0) is 43.5 Å². The van der Waals surface area contributed by atoms with Gasteiger partial charge in [-0.25, -0.2) is 9.67 Å². The van der Waals surface area contributed by atoms with Gasteiger partial charge in [0.1, 0.15) is 16.7 Å². The van der Waals surface area contributed by atoms with Crippen molar-refractivity contribution in [3.8, 4) is 0 Å². The smallest absolute Gasteiger partial charge is 0.280 e. The molecule has 33 heavy (non-hydrogen) atoms. The molecule has 1 aliphatic heterocycles. The zero-order chi connectivity index (χ0) is 23.2. The Morgan fingerprint density at radius 2 is 1.82 bits per heavy atom. The first-order valence-electron chi connectivity index (χ1n) is 11.8. The lowest BCUT2D eigenvalue weighted by atomic mass is 10.1. The molecular weight excluding hydrogens is 418 g/mol. The molecule has 2 aromatic heterocycles. The number of nitrogens with one attached hydrogen (secondary N) is 1. The number of nitrogen functional groups attached to an aromatic ring is 1. The third-order valence-electron chi connectivity index (χ3n) is 6.15. The van der Waals surface area contributed by atoms with Gasteiger partial charge in [0.15, 0.2) is 0 Å². The minimum Gasteiger partial charge on any atom is -0.394 e. The van der Waals surface area contributed by atoms with E-state index in [1.54, 1.807) is 6.20 Å². The van der Waals surface area contributed by atoms with Gasteiger partial charge in [0.05, 0.1) is 25.4 Å². The Balaban J connectivity index is 1.57. The molecule has 1 fully saturated rings. The second-order valence-electron chi connectivity index (χ2n) is 8.76. The monoisotopic (exact) mass is 451 g/mol. The minimum atomic E-state index is -0.289. The van der Waals surface area contributed by atoms with E-state index < -0.39 is 0 Å². The van der Waals surface area contributed by atoms with Crippen molar-refractivity contribution in [2.24, 2.45) is 0 Å². The number of nitrogens with two attached hydrogens (primary N) is 1. The summed E-state index contributed by atoms with van der Waals surface area (Å²) in [7, 11) is 0. The molecule has 4 rings (SSSR count).